The van der Waals surface area contributed by atoms with E-state index in [0.717, 1.165) is 6.07 Å². The molecule has 1 amide bonds. The van der Waals surface area contributed by atoms with Crippen LogP contribution in [-0.2, 0) is 6.61 Å². The molecule has 1 unspecified atom stereocenters. The van der Waals surface area contributed by atoms with E-state index in [1.165, 1.54) is 12.1 Å². The molecule has 0 saturated carbocycles. The van der Waals surface area contributed by atoms with Gasteiger partial charge in [0, 0.05) is 11.1 Å². The number of hydrogen-bond acceptors (Lipinski definition) is 3. The van der Waals surface area contributed by atoms with Crippen LogP contribution in [0, 0.1) is 22.6 Å². The molecule has 0 radical (unpaired) electrons. The Balaban J connectivity index is 2.90. The average molecular weight is 264 g/mol. The third kappa shape index (κ3) is 3.76. The first-order chi connectivity index (χ1) is 8.79. The van der Waals surface area contributed by atoms with Gasteiger partial charge >= 0.3 is 0 Å². The topological polar surface area (TPSA) is 73.1 Å². The van der Waals surface area contributed by atoms with Crippen molar-refractivity contribution in [2.24, 2.45) is 5.41 Å². The zero-order chi connectivity index (χ0) is 14.6. The number of carbonyl (C=O) groups is 1. The molecule has 2 N–H and O–H groups in total. The van der Waals surface area contributed by atoms with E-state index in [2.05, 4.69) is 5.32 Å². The predicted molar refractivity (Wildman–Crippen MR) is 68.6 cm³/mol. The molecule has 1 rings (SSSR count). The SMILES string of the molecule is CC(C)(C)C(C#N)NC(=O)c1ccc(CO)c(F)c1. The Bertz CT molecular complexity index is 515. The van der Waals surface area contributed by atoms with Gasteiger partial charge in [-0.3, -0.25) is 4.79 Å². The third-order valence-corrected chi connectivity index (χ3v) is 2.76. The fraction of sp³-hybridized carbons (Fsp3) is 0.429. The third-order valence-electron chi connectivity index (χ3n) is 2.76. The summed E-state index contributed by atoms with van der Waals surface area (Å²) in [7, 11) is 0. The van der Waals surface area contributed by atoms with E-state index in [9.17, 15) is 9.18 Å². The molecule has 0 aromatic heterocycles. The van der Waals surface area contributed by atoms with Crippen molar-refractivity contribution in [1.29, 1.82) is 5.26 Å². The molecule has 19 heavy (non-hydrogen) atoms. The molecule has 0 fully saturated rings. The summed E-state index contributed by atoms with van der Waals surface area (Å²) in [5.41, 5.74) is -0.156. The van der Waals surface area contributed by atoms with E-state index in [4.69, 9.17) is 10.4 Å². The van der Waals surface area contributed by atoms with E-state index < -0.39 is 29.8 Å². The van der Waals surface area contributed by atoms with Crippen molar-refractivity contribution in [2.45, 2.75) is 33.4 Å². The molecule has 0 spiro atoms. The van der Waals surface area contributed by atoms with Crippen molar-refractivity contribution < 1.29 is 14.3 Å². The zero-order valence-corrected chi connectivity index (χ0v) is 11.2. The van der Waals surface area contributed by atoms with Gasteiger partial charge in [0.25, 0.3) is 5.91 Å². The number of hydrogen-bond donors (Lipinski definition) is 2. The average Bonchev–Trinajstić information content (AvgIpc) is 2.34. The first kappa shape index (κ1) is 15.1. The van der Waals surface area contributed by atoms with Gasteiger partial charge in [0.15, 0.2) is 0 Å². The first-order valence-corrected chi connectivity index (χ1v) is 5.89. The van der Waals surface area contributed by atoms with Crippen LogP contribution in [0.4, 0.5) is 4.39 Å². The first-order valence-electron chi connectivity index (χ1n) is 5.89. The molecule has 5 heteroatoms. The number of nitrogens with zero attached hydrogens (tertiary/aromatic N) is 1. The number of halogens is 1. The molecule has 0 heterocycles. The Hall–Kier alpha value is -1.93. The van der Waals surface area contributed by atoms with Crippen LogP contribution >= 0.6 is 0 Å². The minimum Gasteiger partial charge on any atom is -0.392 e. The summed E-state index contributed by atoms with van der Waals surface area (Å²) < 4.78 is 13.5. The molecule has 102 valence electrons. The summed E-state index contributed by atoms with van der Waals surface area (Å²) in [5, 5.41) is 20.4. The van der Waals surface area contributed by atoms with Gasteiger partial charge in [-0.15, -0.1) is 0 Å². The molecule has 0 aliphatic rings. The molecule has 0 aliphatic carbocycles. The van der Waals surface area contributed by atoms with Gasteiger partial charge in [-0.25, -0.2) is 4.39 Å². The van der Waals surface area contributed by atoms with E-state index in [1.807, 2.05) is 26.8 Å². The molecule has 1 atom stereocenters. The van der Waals surface area contributed by atoms with Gasteiger partial charge in [0.05, 0.1) is 12.7 Å². The lowest BCUT2D eigenvalue weighted by Gasteiger charge is -2.25. The van der Waals surface area contributed by atoms with Crippen LogP contribution in [0.1, 0.15) is 36.7 Å². The Labute approximate surface area is 111 Å². The summed E-state index contributed by atoms with van der Waals surface area (Å²) in [6.45, 7) is 5.07. The molecule has 4 nitrogen and oxygen atoms in total. The monoisotopic (exact) mass is 264 g/mol. The molecule has 0 bridgehead atoms. The number of aliphatic hydroxyl groups excluding tert-OH is 1. The van der Waals surface area contributed by atoms with Crippen molar-refractivity contribution in [2.75, 3.05) is 0 Å². The lowest BCUT2D eigenvalue weighted by atomic mass is 9.87. The van der Waals surface area contributed by atoms with Crippen LogP contribution in [0.2, 0.25) is 0 Å². The Kier molecular flexibility index (Phi) is 4.62. The Morgan fingerprint density at radius 2 is 2.16 bits per heavy atom. The highest BCUT2D eigenvalue weighted by Gasteiger charge is 2.26. The second-order valence-corrected chi connectivity index (χ2v) is 5.37. The van der Waals surface area contributed by atoms with Gasteiger partial charge in [0.1, 0.15) is 11.9 Å². The maximum atomic E-state index is 13.5. The number of amides is 1. The molecule has 1 aromatic carbocycles. The number of nitrogens with one attached hydrogen (secondary N) is 1. The van der Waals surface area contributed by atoms with Gasteiger partial charge in [0.2, 0.25) is 0 Å². The molecule has 1 aromatic rings. The van der Waals surface area contributed by atoms with Gasteiger partial charge in [-0.05, 0) is 17.5 Å². The van der Waals surface area contributed by atoms with Crippen LogP contribution in [0.25, 0.3) is 0 Å². The molecule has 0 aliphatic heterocycles. The highest BCUT2D eigenvalue weighted by Crippen LogP contribution is 2.19. The largest absolute Gasteiger partial charge is 0.392 e. The predicted octanol–water partition coefficient (Wildman–Crippen LogP) is 1.99. The number of benzene rings is 1. The minimum atomic E-state index is -0.666. The number of carbonyl (C=O) groups excluding carboxylic acids is 1. The highest BCUT2D eigenvalue weighted by atomic mass is 19.1. The lowest BCUT2D eigenvalue weighted by Crippen LogP contribution is -2.42. The maximum absolute atomic E-state index is 13.5. The summed E-state index contributed by atoms with van der Waals surface area (Å²) in [6, 6.07) is 5.17. The zero-order valence-electron chi connectivity index (χ0n) is 11.2. The summed E-state index contributed by atoms with van der Waals surface area (Å²) in [5.74, 6) is -1.15. The Morgan fingerprint density at radius 3 is 2.58 bits per heavy atom. The maximum Gasteiger partial charge on any atom is 0.252 e. The van der Waals surface area contributed by atoms with Crippen molar-refractivity contribution >= 4 is 5.91 Å². The van der Waals surface area contributed by atoms with E-state index >= 15 is 0 Å². The number of rotatable bonds is 3. The highest BCUT2D eigenvalue weighted by molar-refractivity contribution is 5.94. The molecular weight excluding hydrogens is 247 g/mol. The van der Waals surface area contributed by atoms with Crippen LogP contribution in [0.3, 0.4) is 0 Å². The summed E-state index contributed by atoms with van der Waals surface area (Å²) in [6.07, 6.45) is 0. The summed E-state index contributed by atoms with van der Waals surface area (Å²) >= 11 is 0. The van der Waals surface area contributed by atoms with Crippen LogP contribution < -0.4 is 5.32 Å². The van der Waals surface area contributed by atoms with E-state index in [-0.39, 0.29) is 11.1 Å². The van der Waals surface area contributed by atoms with Crippen LogP contribution in [0.5, 0.6) is 0 Å². The van der Waals surface area contributed by atoms with Crippen molar-refractivity contribution in [3.8, 4) is 6.07 Å². The second kappa shape index (κ2) is 5.81. The second-order valence-electron chi connectivity index (χ2n) is 5.37. The quantitative estimate of drug-likeness (QED) is 0.876. The normalized spacial score (nSPS) is 12.6. The minimum absolute atomic E-state index is 0.124. The fourth-order valence-corrected chi connectivity index (χ4v) is 1.47. The van der Waals surface area contributed by atoms with Gasteiger partial charge < -0.3 is 10.4 Å². The van der Waals surface area contributed by atoms with Crippen LogP contribution in [-0.4, -0.2) is 17.1 Å². The van der Waals surface area contributed by atoms with Gasteiger partial charge in [-0.1, -0.05) is 26.8 Å². The fourth-order valence-electron chi connectivity index (χ4n) is 1.47. The van der Waals surface area contributed by atoms with Crippen LogP contribution in [0.15, 0.2) is 18.2 Å². The van der Waals surface area contributed by atoms with Gasteiger partial charge in [-0.2, -0.15) is 5.26 Å². The smallest absolute Gasteiger partial charge is 0.252 e. The van der Waals surface area contributed by atoms with Crippen molar-refractivity contribution in [3.05, 3.63) is 35.1 Å². The van der Waals surface area contributed by atoms with E-state index in [0.29, 0.717) is 0 Å². The molecular formula is C14H17FN2O2. The van der Waals surface area contributed by atoms with Crippen molar-refractivity contribution in [1.82, 2.24) is 5.32 Å². The van der Waals surface area contributed by atoms with E-state index in [1.54, 1.807) is 0 Å². The lowest BCUT2D eigenvalue weighted by molar-refractivity contribution is 0.0921. The van der Waals surface area contributed by atoms with Crippen molar-refractivity contribution in [3.63, 3.8) is 0 Å². The Morgan fingerprint density at radius 1 is 1.53 bits per heavy atom. The number of aliphatic hydroxyl groups is 1. The standard InChI is InChI=1S/C14H17FN2O2/c1-14(2,3)12(7-16)17-13(19)9-4-5-10(8-18)11(15)6-9/h4-6,12,18H,8H2,1-3H3,(H,17,19). The summed E-state index contributed by atoms with van der Waals surface area (Å²) in [4.78, 5) is 11.9. The molecule has 0 saturated heterocycles. The number of nitriles is 1.